The minimum atomic E-state index is 0.0213. The molecule has 1 amide bonds. The molecule has 2 rings (SSSR count). The second-order valence-corrected chi connectivity index (χ2v) is 6.24. The van der Waals surface area contributed by atoms with Gasteiger partial charge < -0.3 is 15.5 Å². The fourth-order valence-electron chi connectivity index (χ4n) is 3.09. The van der Waals surface area contributed by atoms with Gasteiger partial charge in [-0.15, -0.1) is 0 Å². The quantitative estimate of drug-likeness (QED) is 0.789. The van der Waals surface area contributed by atoms with Crippen LogP contribution in [0.1, 0.15) is 45.4 Å². The first kappa shape index (κ1) is 13.8. The highest BCUT2D eigenvalue weighted by Crippen LogP contribution is 2.35. The maximum atomic E-state index is 12.2. The molecule has 1 aliphatic carbocycles. The first-order valence-corrected chi connectivity index (χ1v) is 7.25. The van der Waals surface area contributed by atoms with Gasteiger partial charge in [-0.05, 0) is 59.5 Å². The monoisotopic (exact) mass is 253 g/mol. The summed E-state index contributed by atoms with van der Waals surface area (Å²) in [5.74, 6) is 0.190. The van der Waals surface area contributed by atoms with Crippen molar-refractivity contribution in [1.29, 1.82) is 0 Å². The molecule has 0 aromatic rings. The fraction of sp³-hybridized carbons (Fsp3) is 0.929. The van der Waals surface area contributed by atoms with Gasteiger partial charge in [-0.1, -0.05) is 0 Å². The predicted molar refractivity (Wildman–Crippen MR) is 73.5 cm³/mol. The number of hydrogen-bond acceptors (Lipinski definition) is 3. The average molecular weight is 253 g/mol. The zero-order valence-corrected chi connectivity index (χ0v) is 12.0. The summed E-state index contributed by atoms with van der Waals surface area (Å²) < 4.78 is 0. The van der Waals surface area contributed by atoms with Crippen LogP contribution in [0.5, 0.6) is 0 Å². The molecular weight excluding hydrogens is 226 g/mol. The lowest BCUT2D eigenvalue weighted by atomic mass is 9.75. The standard InChI is InChI=1S/C14H27N3O/c1-11-6-4-7-12(16-11)13(18)15-10-14(17(2)3)8-5-9-14/h11-12,16H,4-10H2,1-3H3,(H,15,18). The van der Waals surface area contributed by atoms with Gasteiger partial charge in [0.25, 0.3) is 0 Å². The average Bonchev–Trinajstić information content (AvgIpc) is 2.26. The van der Waals surface area contributed by atoms with Crippen LogP contribution in [0.2, 0.25) is 0 Å². The van der Waals surface area contributed by atoms with Crippen molar-refractivity contribution < 1.29 is 4.79 Å². The van der Waals surface area contributed by atoms with Gasteiger partial charge in [0.15, 0.2) is 0 Å². The molecule has 2 fully saturated rings. The molecule has 0 spiro atoms. The van der Waals surface area contributed by atoms with Gasteiger partial charge in [0.1, 0.15) is 0 Å². The topological polar surface area (TPSA) is 44.4 Å². The molecule has 1 aliphatic heterocycles. The van der Waals surface area contributed by atoms with E-state index in [1.807, 2.05) is 0 Å². The van der Waals surface area contributed by atoms with Crippen molar-refractivity contribution in [2.45, 2.75) is 63.1 Å². The van der Waals surface area contributed by atoms with E-state index in [1.165, 1.54) is 25.7 Å². The van der Waals surface area contributed by atoms with Crippen LogP contribution < -0.4 is 10.6 Å². The largest absolute Gasteiger partial charge is 0.353 e. The minimum absolute atomic E-state index is 0.0213. The van der Waals surface area contributed by atoms with Gasteiger partial charge in [-0.2, -0.15) is 0 Å². The molecule has 18 heavy (non-hydrogen) atoms. The summed E-state index contributed by atoms with van der Waals surface area (Å²) in [7, 11) is 4.23. The molecule has 1 saturated carbocycles. The Morgan fingerprint density at radius 3 is 2.56 bits per heavy atom. The number of piperidine rings is 1. The lowest BCUT2D eigenvalue weighted by Gasteiger charge is -2.47. The Balaban J connectivity index is 1.80. The maximum Gasteiger partial charge on any atom is 0.237 e. The van der Waals surface area contributed by atoms with Crippen molar-refractivity contribution in [3.8, 4) is 0 Å². The molecule has 0 bridgehead atoms. The molecule has 2 N–H and O–H groups in total. The molecule has 2 aliphatic rings. The Hall–Kier alpha value is -0.610. The van der Waals surface area contributed by atoms with Crippen molar-refractivity contribution >= 4 is 5.91 Å². The third-order valence-electron chi connectivity index (χ3n) is 4.76. The number of carbonyl (C=O) groups excluding carboxylic acids is 1. The Morgan fingerprint density at radius 2 is 2.06 bits per heavy atom. The summed E-state index contributed by atoms with van der Waals surface area (Å²) in [6.07, 6.45) is 7.01. The molecule has 2 unspecified atom stereocenters. The molecule has 4 heteroatoms. The van der Waals surface area contributed by atoms with Crippen molar-refractivity contribution in [3.05, 3.63) is 0 Å². The van der Waals surface area contributed by atoms with Crippen LogP contribution in [0.15, 0.2) is 0 Å². The van der Waals surface area contributed by atoms with Gasteiger partial charge in [-0.3, -0.25) is 4.79 Å². The van der Waals surface area contributed by atoms with Gasteiger partial charge in [0, 0.05) is 18.1 Å². The van der Waals surface area contributed by atoms with Crippen molar-refractivity contribution in [2.24, 2.45) is 0 Å². The Labute approximate surface area is 110 Å². The summed E-state index contributed by atoms with van der Waals surface area (Å²) in [6, 6.07) is 0.494. The van der Waals surface area contributed by atoms with E-state index in [1.54, 1.807) is 0 Å². The lowest BCUT2D eigenvalue weighted by molar-refractivity contribution is -0.125. The summed E-state index contributed by atoms with van der Waals surface area (Å²) >= 11 is 0. The zero-order valence-electron chi connectivity index (χ0n) is 12.0. The first-order chi connectivity index (χ1) is 8.53. The van der Waals surface area contributed by atoms with Crippen LogP contribution in [0, 0.1) is 0 Å². The molecule has 1 saturated heterocycles. The number of nitrogens with one attached hydrogen (secondary N) is 2. The number of likely N-dealkylation sites (N-methyl/N-ethyl adjacent to an activating group) is 1. The van der Waals surface area contributed by atoms with E-state index in [2.05, 4.69) is 36.6 Å². The molecule has 0 radical (unpaired) electrons. The van der Waals surface area contributed by atoms with Crippen LogP contribution >= 0.6 is 0 Å². The number of nitrogens with zero attached hydrogens (tertiary/aromatic N) is 1. The molecule has 104 valence electrons. The molecular formula is C14H27N3O. The van der Waals surface area contributed by atoms with E-state index in [-0.39, 0.29) is 17.5 Å². The SMILES string of the molecule is CC1CCCC(C(=O)NCC2(N(C)C)CCC2)N1. The second-order valence-electron chi connectivity index (χ2n) is 6.24. The first-order valence-electron chi connectivity index (χ1n) is 7.25. The van der Waals surface area contributed by atoms with Crippen molar-refractivity contribution in [2.75, 3.05) is 20.6 Å². The highest BCUT2D eigenvalue weighted by atomic mass is 16.2. The molecule has 0 aromatic heterocycles. The van der Waals surface area contributed by atoms with E-state index in [0.29, 0.717) is 6.04 Å². The Kier molecular flexibility index (Phi) is 4.28. The molecule has 1 heterocycles. The number of amides is 1. The highest BCUT2D eigenvalue weighted by Gasteiger charge is 2.39. The van der Waals surface area contributed by atoms with Crippen LogP contribution in [0.4, 0.5) is 0 Å². The summed E-state index contributed by atoms with van der Waals surface area (Å²) in [4.78, 5) is 14.4. The summed E-state index contributed by atoms with van der Waals surface area (Å²) in [6.45, 7) is 2.96. The van der Waals surface area contributed by atoms with E-state index in [9.17, 15) is 4.79 Å². The summed E-state index contributed by atoms with van der Waals surface area (Å²) in [5.41, 5.74) is 0.218. The normalized spacial score (nSPS) is 30.9. The van der Waals surface area contributed by atoms with Crippen molar-refractivity contribution in [1.82, 2.24) is 15.5 Å². The van der Waals surface area contributed by atoms with Crippen LogP contribution in [0.25, 0.3) is 0 Å². The predicted octanol–water partition coefficient (Wildman–Crippen LogP) is 1.12. The minimum Gasteiger partial charge on any atom is -0.353 e. The van der Waals surface area contributed by atoms with Gasteiger partial charge >= 0.3 is 0 Å². The molecule has 4 nitrogen and oxygen atoms in total. The van der Waals surface area contributed by atoms with Crippen LogP contribution in [-0.4, -0.2) is 49.1 Å². The molecule has 0 aromatic carbocycles. The highest BCUT2D eigenvalue weighted by molar-refractivity contribution is 5.81. The Morgan fingerprint density at radius 1 is 1.33 bits per heavy atom. The van der Waals surface area contributed by atoms with Gasteiger partial charge in [0.05, 0.1) is 6.04 Å². The molecule has 2 atom stereocenters. The lowest BCUT2D eigenvalue weighted by Crippen LogP contribution is -2.59. The zero-order chi connectivity index (χ0) is 13.2. The van der Waals surface area contributed by atoms with E-state index < -0.39 is 0 Å². The summed E-state index contributed by atoms with van der Waals surface area (Å²) in [5, 5.41) is 6.55. The van der Waals surface area contributed by atoms with E-state index in [4.69, 9.17) is 0 Å². The van der Waals surface area contributed by atoms with E-state index >= 15 is 0 Å². The number of rotatable bonds is 4. The van der Waals surface area contributed by atoms with Gasteiger partial charge in [-0.25, -0.2) is 0 Å². The van der Waals surface area contributed by atoms with Crippen LogP contribution in [0.3, 0.4) is 0 Å². The number of hydrogen-bond donors (Lipinski definition) is 2. The van der Waals surface area contributed by atoms with E-state index in [0.717, 1.165) is 19.4 Å². The third-order valence-corrected chi connectivity index (χ3v) is 4.76. The number of carbonyl (C=O) groups is 1. The van der Waals surface area contributed by atoms with Crippen molar-refractivity contribution in [3.63, 3.8) is 0 Å². The fourth-order valence-corrected chi connectivity index (χ4v) is 3.09. The van der Waals surface area contributed by atoms with Gasteiger partial charge in [0.2, 0.25) is 5.91 Å². The second kappa shape index (κ2) is 5.57. The third kappa shape index (κ3) is 2.86. The maximum absolute atomic E-state index is 12.2. The smallest absolute Gasteiger partial charge is 0.237 e. The van der Waals surface area contributed by atoms with Crippen LogP contribution in [-0.2, 0) is 4.79 Å². The Bertz CT molecular complexity index is 299.